The lowest BCUT2D eigenvalue weighted by Crippen LogP contribution is -2.09. The fourth-order valence-corrected chi connectivity index (χ4v) is 2.39. The molecule has 2 rings (SSSR count). The van der Waals surface area contributed by atoms with Gasteiger partial charge in [0.1, 0.15) is 11.3 Å². The van der Waals surface area contributed by atoms with E-state index in [2.05, 4.69) is 6.58 Å². The Labute approximate surface area is 133 Å². The Morgan fingerprint density at radius 2 is 2.14 bits per heavy atom. The van der Waals surface area contributed by atoms with Crippen LogP contribution in [0, 0.1) is 6.92 Å². The summed E-state index contributed by atoms with van der Waals surface area (Å²) >= 11 is 5.91. The topological polar surface area (TPSA) is 56.5 Å². The van der Waals surface area contributed by atoms with Crippen molar-refractivity contribution in [3.63, 3.8) is 0 Å². The van der Waals surface area contributed by atoms with Gasteiger partial charge in [-0.25, -0.2) is 4.79 Å². The number of rotatable bonds is 5. The molecule has 0 aliphatic heterocycles. The maximum absolute atomic E-state index is 11.8. The van der Waals surface area contributed by atoms with Crippen LogP contribution in [0.1, 0.15) is 30.9 Å². The number of fused-ring (bicyclic) bond motifs is 1. The van der Waals surface area contributed by atoms with Gasteiger partial charge in [-0.3, -0.25) is 4.79 Å². The summed E-state index contributed by atoms with van der Waals surface area (Å²) in [7, 11) is 0. The van der Waals surface area contributed by atoms with Gasteiger partial charge in [0.2, 0.25) is 0 Å². The van der Waals surface area contributed by atoms with Gasteiger partial charge >= 0.3 is 11.6 Å². The summed E-state index contributed by atoms with van der Waals surface area (Å²) in [5, 5.41) is 1.15. The molecule has 0 aliphatic rings. The van der Waals surface area contributed by atoms with Crippen LogP contribution in [0.3, 0.4) is 0 Å². The van der Waals surface area contributed by atoms with Crippen LogP contribution in [-0.4, -0.2) is 5.97 Å². The fraction of sp³-hybridized carbons (Fsp3) is 0.294. The third-order valence-electron chi connectivity index (χ3n) is 3.23. The van der Waals surface area contributed by atoms with Gasteiger partial charge in [0.05, 0.1) is 0 Å². The summed E-state index contributed by atoms with van der Waals surface area (Å²) in [6, 6.07) is 4.88. The highest BCUT2D eigenvalue weighted by Crippen LogP contribution is 2.31. The number of carbonyl (C=O) groups is 1. The van der Waals surface area contributed by atoms with Gasteiger partial charge in [-0.2, -0.15) is 0 Å². The van der Waals surface area contributed by atoms with Crippen molar-refractivity contribution in [3.8, 4) is 5.75 Å². The van der Waals surface area contributed by atoms with Crippen molar-refractivity contribution < 1.29 is 13.9 Å². The minimum atomic E-state index is -0.455. The summed E-state index contributed by atoms with van der Waals surface area (Å²) in [5.41, 5.74) is 1.28. The van der Waals surface area contributed by atoms with E-state index in [9.17, 15) is 9.59 Å². The van der Waals surface area contributed by atoms with E-state index in [-0.39, 0.29) is 12.4 Å². The van der Waals surface area contributed by atoms with Gasteiger partial charge in [-0.1, -0.05) is 25.1 Å². The Hall–Kier alpha value is -2.07. The molecular formula is C17H17ClO4. The van der Waals surface area contributed by atoms with E-state index in [0.717, 1.165) is 10.9 Å². The molecule has 0 saturated heterocycles. The highest BCUT2D eigenvalue weighted by atomic mass is 35.5. The number of carbonyl (C=O) groups excluding carboxylic acids is 1. The fourth-order valence-electron chi connectivity index (χ4n) is 2.25. The molecule has 0 radical (unpaired) electrons. The largest absolute Gasteiger partial charge is 0.426 e. The molecule has 116 valence electrons. The lowest BCUT2D eigenvalue weighted by atomic mass is 10.0. The first kappa shape index (κ1) is 16.3. The third-order valence-corrected chi connectivity index (χ3v) is 3.36. The SMILES string of the molecule is C=C(Cl)Cc1c(OC(=O)CCC)ccc2c(C)cc(=O)oc12. The second-order valence-electron chi connectivity index (χ2n) is 5.09. The average Bonchev–Trinajstić information content (AvgIpc) is 2.41. The molecule has 0 unspecified atom stereocenters. The van der Waals surface area contributed by atoms with Crippen LogP contribution in [0.15, 0.2) is 39.0 Å². The molecule has 0 saturated carbocycles. The lowest BCUT2D eigenvalue weighted by Gasteiger charge is -2.12. The van der Waals surface area contributed by atoms with E-state index in [1.165, 1.54) is 6.07 Å². The number of hydrogen-bond donors (Lipinski definition) is 0. The van der Waals surface area contributed by atoms with Crippen molar-refractivity contribution in [1.82, 2.24) is 0 Å². The van der Waals surface area contributed by atoms with Crippen LogP contribution >= 0.6 is 11.6 Å². The van der Waals surface area contributed by atoms with Gasteiger partial charge in [-0.15, -0.1) is 0 Å². The van der Waals surface area contributed by atoms with Crippen molar-refractivity contribution in [3.05, 3.63) is 51.4 Å². The number of aryl methyl sites for hydroxylation is 1. The van der Waals surface area contributed by atoms with Crippen molar-refractivity contribution in [2.45, 2.75) is 33.1 Å². The molecular weight excluding hydrogens is 304 g/mol. The summed E-state index contributed by atoms with van der Waals surface area (Å²) < 4.78 is 10.7. The third kappa shape index (κ3) is 3.57. The second kappa shape index (κ2) is 6.79. The average molecular weight is 321 g/mol. The zero-order valence-electron chi connectivity index (χ0n) is 12.6. The van der Waals surface area contributed by atoms with Crippen molar-refractivity contribution in [1.29, 1.82) is 0 Å². The van der Waals surface area contributed by atoms with Gasteiger partial charge < -0.3 is 9.15 Å². The zero-order chi connectivity index (χ0) is 16.3. The van der Waals surface area contributed by atoms with Crippen LogP contribution in [0.5, 0.6) is 5.75 Å². The monoisotopic (exact) mass is 320 g/mol. The summed E-state index contributed by atoms with van der Waals surface area (Å²) in [5.74, 6) is 0.0137. The van der Waals surface area contributed by atoms with E-state index >= 15 is 0 Å². The summed E-state index contributed by atoms with van der Waals surface area (Å²) in [6.07, 6.45) is 1.26. The zero-order valence-corrected chi connectivity index (χ0v) is 13.3. The molecule has 0 N–H and O–H groups in total. The maximum atomic E-state index is 11.8. The molecule has 0 amide bonds. The number of benzene rings is 1. The van der Waals surface area contributed by atoms with Crippen LogP contribution in [0.25, 0.3) is 11.0 Å². The summed E-state index contributed by atoms with van der Waals surface area (Å²) in [6.45, 7) is 7.38. The van der Waals surface area contributed by atoms with Crippen molar-refractivity contribution in [2.75, 3.05) is 0 Å². The molecule has 1 aromatic carbocycles. The highest BCUT2D eigenvalue weighted by Gasteiger charge is 2.16. The van der Waals surface area contributed by atoms with E-state index in [1.807, 2.05) is 13.8 Å². The van der Waals surface area contributed by atoms with Crippen LogP contribution in [0.2, 0.25) is 0 Å². The van der Waals surface area contributed by atoms with Gasteiger partial charge in [0.15, 0.2) is 0 Å². The first-order valence-electron chi connectivity index (χ1n) is 7.02. The molecule has 1 aromatic heterocycles. The highest BCUT2D eigenvalue weighted by molar-refractivity contribution is 6.29. The molecule has 2 aromatic rings. The van der Waals surface area contributed by atoms with Gasteiger partial charge in [-0.05, 0) is 31.0 Å². The first-order valence-corrected chi connectivity index (χ1v) is 7.40. The predicted molar refractivity (Wildman–Crippen MR) is 86.5 cm³/mol. The number of ether oxygens (including phenoxy) is 1. The summed E-state index contributed by atoms with van der Waals surface area (Å²) in [4.78, 5) is 23.4. The Morgan fingerprint density at radius 1 is 1.41 bits per heavy atom. The lowest BCUT2D eigenvalue weighted by molar-refractivity contribution is -0.134. The Balaban J connectivity index is 2.63. The molecule has 4 nitrogen and oxygen atoms in total. The molecule has 0 fully saturated rings. The molecule has 1 heterocycles. The Morgan fingerprint density at radius 3 is 2.77 bits per heavy atom. The number of hydrogen-bond acceptors (Lipinski definition) is 4. The normalized spacial score (nSPS) is 10.7. The van der Waals surface area contributed by atoms with Gasteiger partial charge in [0, 0.05) is 34.9 Å². The van der Waals surface area contributed by atoms with Crippen molar-refractivity contribution in [2.24, 2.45) is 0 Å². The van der Waals surface area contributed by atoms with Crippen LogP contribution in [-0.2, 0) is 11.2 Å². The Bertz CT molecular complexity index is 789. The minimum Gasteiger partial charge on any atom is -0.426 e. The van der Waals surface area contributed by atoms with E-state index in [0.29, 0.717) is 34.8 Å². The quantitative estimate of drug-likeness (QED) is 0.473. The van der Waals surface area contributed by atoms with Gasteiger partial charge in [0.25, 0.3) is 0 Å². The molecule has 22 heavy (non-hydrogen) atoms. The van der Waals surface area contributed by atoms with Crippen LogP contribution < -0.4 is 10.4 Å². The van der Waals surface area contributed by atoms with E-state index in [1.54, 1.807) is 12.1 Å². The number of allylic oxidation sites excluding steroid dienone is 1. The number of halogens is 1. The standard InChI is InChI=1S/C17H17ClO4/c1-4-5-15(19)21-14-7-6-12-10(2)8-16(20)22-17(12)13(14)9-11(3)18/h6-8H,3-5,9H2,1-2H3. The van der Waals surface area contributed by atoms with Crippen LogP contribution in [0.4, 0.5) is 0 Å². The smallest absolute Gasteiger partial charge is 0.336 e. The minimum absolute atomic E-state index is 0.250. The molecule has 0 bridgehead atoms. The molecule has 0 spiro atoms. The first-order chi connectivity index (χ1) is 10.4. The second-order valence-corrected chi connectivity index (χ2v) is 5.62. The Kier molecular flexibility index (Phi) is 5.03. The predicted octanol–water partition coefficient (Wildman–Crippen LogP) is 4.10. The van der Waals surface area contributed by atoms with E-state index < -0.39 is 5.63 Å². The van der Waals surface area contributed by atoms with Crippen molar-refractivity contribution >= 4 is 28.5 Å². The molecule has 0 atom stereocenters. The number of esters is 1. The van der Waals surface area contributed by atoms with E-state index in [4.69, 9.17) is 20.8 Å². The maximum Gasteiger partial charge on any atom is 0.336 e. The molecule has 0 aliphatic carbocycles. The molecule has 5 heteroatoms.